The zero-order valence-corrected chi connectivity index (χ0v) is 11.1. The zero-order chi connectivity index (χ0) is 11.1. The van der Waals surface area contributed by atoms with E-state index in [1.807, 2.05) is 0 Å². The first-order chi connectivity index (χ1) is 6.58. The van der Waals surface area contributed by atoms with Crippen LogP contribution in [-0.4, -0.2) is 0 Å². The minimum absolute atomic E-state index is 0.848. The molecule has 0 bridgehead atoms. The summed E-state index contributed by atoms with van der Waals surface area (Å²) in [6.07, 6.45) is 5.47. The number of hydrogen-bond donors (Lipinski definition) is 0. The van der Waals surface area contributed by atoms with Crippen molar-refractivity contribution in [2.45, 2.75) is 67.2 Å². The fraction of sp³-hybridized carbons (Fsp3) is 1.00. The minimum Gasteiger partial charge on any atom is -0.0654 e. The Labute approximate surface area is 91.5 Å². The third kappa shape index (κ3) is 4.02. The Bertz CT molecular complexity index is 126. The molecule has 0 aliphatic carbocycles. The molecule has 0 saturated carbocycles. The van der Waals surface area contributed by atoms with Crippen LogP contribution in [0.3, 0.4) is 0 Å². The Morgan fingerprint density at radius 3 is 1.71 bits per heavy atom. The molecule has 0 rings (SSSR count). The molecule has 0 aromatic carbocycles. The van der Waals surface area contributed by atoms with Crippen molar-refractivity contribution in [3.8, 4) is 0 Å². The van der Waals surface area contributed by atoms with Crippen LogP contribution < -0.4 is 0 Å². The average Bonchev–Trinajstić information content (AvgIpc) is 2.14. The van der Waals surface area contributed by atoms with Crippen LogP contribution in [0.15, 0.2) is 0 Å². The van der Waals surface area contributed by atoms with Crippen molar-refractivity contribution in [3.05, 3.63) is 0 Å². The van der Waals surface area contributed by atoms with Gasteiger partial charge < -0.3 is 0 Å². The Balaban J connectivity index is 4.28. The summed E-state index contributed by atoms with van der Waals surface area (Å²) in [7, 11) is 0. The van der Waals surface area contributed by atoms with Gasteiger partial charge in [0, 0.05) is 0 Å². The van der Waals surface area contributed by atoms with E-state index in [2.05, 4.69) is 41.5 Å². The van der Waals surface area contributed by atoms with Crippen LogP contribution in [0.1, 0.15) is 67.2 Å². The summed E-state index contributed by atoms with van der Waals surface area (Å²) in [5.74, 6) is 3.63. The molecule has 0 saturated heterocycles. The monoisotopic (exact) mass is 198 g/mol. The highest BCUT2D eigenvalue weighted by Crippen LogP contribution is 2.33. The Morgan fingerprint density at radius 2 is 1.43 bits per heavy atom. The lowest BCUT2D eigenvalue weighted by Gasteiger charge is -2.32. The molecular formula is C14H30. The summed E-state index contributed by atoms with van der Waals surface area (Å²) < 4.78 is 0. The first-order valence-corrected chi connectivity index (χ1v) is 6.58. The first-order valence-electron chi connectivity index (χ1n) is 6.58. The lowest BCUT2D eigenvalue weighted by molar-refractivity contribution is 0.175. The quantitative estimate of drug-likeness (QED) is 0.532. The molecule has 0 nitrogen and oxygen atoms in total. The summed E-state index contributed by atoms with van der Waals surface area (Å²) in [4.78, 5) is 0. The lowest BCUT2D eigenvalue weighted by atomic mass is 9.73. The van der Waals surface area contributed by atoms with Gasteiger partial charge in [-0.2, -0.15) is 0 Å². The van der Waals surface area contributed by atoms with E-state index >= 15 is 0 Å². The molecule has 0 heterocycles. The third-order valence-corrected chi connectivity index (χ3v) is 3.93. The summed E-state index contributed by atoms with van der Waals surface area (Å²) >= 11 is 0. The molecule has 0 radical (unpaired) electrons. The predicted octanol–water partition coefficient (Wildman–Crippen LogP) is 5.13. The van der Waals surface area contributed by atoms with Crippen LogP contribution in [0.5, 0.6) is 0 Å². The molecule has 0 fully saturated rings. The number of rotatable bonds is 7. The topological polar surface area (TPSA) is 0 Å². The van der Waals surface area contributed by atoms with Crippen LogP contribution in [0.25, 0.3) is 0 Å². The molecule has 3 atom stereocenters. The van der Waals surface area contributed by atoms with Crippen LogP contribution in [0, 0.1) is 23.7 Å². The Hall–Kier alpha value is 0. The van der Waals surface area contributed by atoms with E-state index in [1.54, 1.807) is 0 Å². The fourth-order valence-corrected chi connectivity index (χ4v) is 3.01. The molecule has 0 aliphatic heterocycles. The van der Waals surface area contributed by atoms with Gasteiger partial charge in [0.25, 0.3) is 0 Å². The smallest absolute Gasteiger partial charge is 0.0365 e. The molecule has 86 valence electrons. The molecule has 0 spiro atoms. The van der Waals surface area contributed by atoms with Gasteiger partial charge in [-0.05, 0) is 23.7 Å². The van der Waals surface area contributed by atoms with Crippen molar-refractivity contribution in [1.82, 2.24) is 0 Å². The van der Waals surface area contributed by atoms with Gasteiger partial charge in [-0.3, -0.25) is 0 Å². The maximum Gasteiger partial charge on any atom is -0.0365 e. The second kappa shape index (κ2) is 7.31. The normalized spacial score (nSPS) is 18.2. The van der Waals surface area contributed by atoms with E-state index in [1.165, 1.54) is 25.7 Å². The second-order valence-corrected chi connectivity index (χ2v) is 5.13. The maximum atomic E-state index is 2.47. The standard InChI is InChI=1S/C14H30/c1-7-10-13(8-2)12(6)14(9-3)11(4)5/h11-14H,7-10H2,1-6H3. The van der Waals surface area contributed by atoms with Gasteiger partial charge in [-0.1, -0.05) is 67.2 Å². The van der Waals surface area contributed by atoms with Crippen molar-refractivity contribution >= 4 is 0 Å². The lowest BCUT2D eigenvalue weighted by Crippen LogP contribution is -2.24. The fourth-order valence-electron chi connectivity index (χ4n) is 3.01. The highest BCUT2D eigenvalue weighted by Gasteiger charge is 2.24. The van der Waals surface area contributed by atoms with Crippen LogP contribution >= 0.6 is 0 Å². The summed E-state index contributed by atoms with van der Waals surface area (Å²) in [6.45, 7) is 14.2. The zero-order valence-electron chi connectivity index (χ0n) is 11.1. The second-order valence-electron chi connectivity index (χ2n) is 5.13. The molecule has 0 aliphatic rings. The molecular weight excluding hydrogens is 168 g/mol. The van der Waals surface area contributed by atoms with E-state index in [0.717, 1.165) is 23.7 Å². The molecule has 0 heteroatoms. The van der Waals surface area contributed by atoms with Gasteiger partial charge in [0.2, 0.25) is 0 Å². The van der Waals surface area contributed by atoms with Gasteiger partial charge in [0.05, 0.1) is 0 Å². The average molecular weight is 198 g/mol. The van der Waals surface area contributed by atoms with Crippen LogP contribution in [0.4, 0.5) is 0 Å². The minimum atomic E-state index is 0.848. The Morgan fingerprint density at radius 1 is 0.857 bits per heavy atom. The van der Waals surface area contributed by atoms with Gasteiger partial charge in [-0.15, -0.1) is 0 Å². The summed E-state index contributed by atoms with van der Waals surface area (Å²) in [6, 6.07) is 0. The maximum absolute atomic E-state index is 2.47. The van der Waals surface area contributed by atoms with E-state index in [4.69, 9.17) is 0 Å². The largest absolute Gasteiger partial charge is 0.0654 e. The molecule has 14 heavy (non-hydrogen) atoms. The van der Waals surface area contributed by atoms with Crippen molar-refractivity contribution in [2.24, 2.45) is 23.7 Å². The van der Waals surface area contributed by atoms with Crippen LogP contribution in [0.2, 0.25) is 0 Å². The first kappa shape index (κ1) is 14.0. The van der Waals surface area contributed by atoms with E-state index in [0.29, 0.717) is 0 Å². The third-order valence-electron chi connectivity index (χ3n) is 3.93. The SMILES string of the molecule is CCCC(CC)C(C)C(CC)C(C)C. The van der Waals surface area contributed by atoms with Crippen LogP contribution in [-0.2, 0) is 0 Å². The van der Waals surface area contributed by atoms with Crippen molar-refractivity contribution in [1.29, 1.82) is 0 Å². The van der Waals surface area contributed by atoms with Crippen molar-refractivity contribution in [2.75, 3.05) is 0 Å². The van der Waals surface area contributed by atoms with E-state index < -0.39 is 0 Å². The Kier molecular flexibility index (Phi) is 7.31. The van der Waals surface area contributed by atoms with Gasteiger partial charge in [0.15, 0.2) is 0 Å². The predicted molar refractivity (Wildman–Crippen MR) is 66.5 cm³/mol. The molecule has 0 aromatic heterocycles. The molecule has 0 aromatic rings. The summed E-state index contributed by atoms with van der Waals surface area (Å²) in [5.41, 5.74) is 0. The van der Waals surface area contributed by atoms with Gasteiger partial charge in [0.1, 0.15) is 0 Å². The van der Waals surface area contributed by atoms with Gasteiger partial charge >= 0.3 is 0 Å². The van der Waals surface area contributed by atoms with Crippen molar-refractivity contribution < 1.29 is 0 Å². The summed E-state index contributed by atoms with van der Waals surface area (Å²) in [5, 5.41) is 0. The highest BCUT2D eigenvalue weighted by molar-refractivity contribution is 4.74. The van der Waals surface area contributed by atoms with Crippen molar-refractivity contribution in [3.63, 3.8) is 0 Å². The van der Waals surface area contributed by atoms with Gasteiger partial charge in [-0.25, -0.2) is 0 Å². The van der Waals surface area contributed by atoms with E-state index in [9.17, 15) is 0 Å². The highest BCUT2D eigenvalue weighted by atomic mass is 14.3. The van der Waals surface area contributed by atoms with E-state index in [-0.39, 0.29) is 0 Å². The number of hydrogen-bond acceptors (Lipinski definition) is 0. The molecule has 0 N–H and O–H groups in total. The molecule has 3 unspecified atom stereocenters. The molecule has 0 amide bonds.